The Balaban J connectivity index is 2.59. The largest absolute Gasteiger partial charge is 0.496 e. The van der Waals surface area contributed by atoms with Gasteiger partial charge in [-0.25, -0.2) is 0 Å². The summed E-state index contributed by atoms with van der Waals surface area (Å²) in [6.45, 7) is 5.25. The van der Waals surface area contributed by atoms with E-state index in [0.717, 1.165) is 23.1 Å². The van der Waals surface area contributed by atoms with E-state index in [2.05, 4.69) is 6.58 Å². The van der Waals surface area contributed by atoms with Crippen LogP contribution in [0.15, 0.2) is 36.4 Å². The number of ketones is 1. The Morgan fingerprint density at radius 2 is 2.09 bits per heavy atom. The van der Waals surface area contributed by atoms with Gasteiger partial charge in [-0.1, -0.05) is 12.1 Å². The number of rotatable bonds is 6. The van der Waals surface area contributed by atoms with Crippen LogP contribution in [0.25, 0.3) is 5.57 Å². The minimum Gasteiger partial charge on any atom is -0.496 e. The highest BCUT2D eigenvalue weighted by molar-refractivity contribution is 6.07. The predicted molar refractivity (Wildman–Crippen MR) is 89.2 cm³/mol. The van der Waals surface area contributed by atoms with E-state index in [1.807, 2.05) is 24.3 Å². The first-order valence-corrected chi connectivity index (χ1v) is 7.63. The Labute approximate surface area is 136 Å². The Morgan fingerprint density at radius 3 is 2.65 bits per heavy atom. The Morgan fingerprint density at radius 1 is 1.35 bits per heavy atom. The van der Waals surface area contributed by atoms with Crippen molar-refractivity contribution in [2.45, 2.75) is 26.2 Å². The highest BCUT2D eigenvalue weighted by Crippen LogP contribution is 2.42. The van der Waals surface area contributed by atoms with E-state index < -0.39 is 5.92 Å². The fourth-order valence-corrected chi connectivity index (χ4v) is 3.18. The molecular weight excluding hydrogens is 292 g/mol. The van der Waals surface area contributed by atoms with E-state index in [9.17, 15) is 9.59 Å². The maximum absolute atomic E-state index is 12.1. The molecule has 2 rings (SSSR count). The zero-order chi connectivity index (χ0) is 17.0. The molecule has 0 saturated heterocycles. The van der Waals surface area contributed by atoms with Gasteiger partial charge in [-0.2, -0.15) is 0 Å². The van der Waals surface area contributed by atoms with Crippen LogP contribution in [0.1, 0.15) is 30.9 Å². The number of carbonyl (C=O) groups excluding carboxylic acids is 2. The Kier molecular flexibility index (Phi) is 5.37. The van der Waals surface area contributed by atoms with Gasteiger partial charge >= 0.3 is 5.97 Å². The molecule has 4 nitrogen and oxygen atoms in total. The van der Waals surface area contributed by atoms with Gasteiger partial charge in [-0.15, -0.1) is 6.58 Å². The molecule has 1 aromatic carbocycles. The quantitative estimate of drug-likeness (QED) is 0.597. The molecule has 122 valence electrons. The molecule has 0 N–H and O–H groups in total. The second kappa shape index (κ2) is 7.27. The first-order chi connectivity index (χ1) is 11.0. The summed E-state index contributed by atoms with van der Waals surface area (Å²) < 4.78 is 10.3. The molecule has 0 bridgehead atoms. The normalized spacial score (nSPS) is 17.1. The molecule has 1 aliphatic carbocycles. The predicted octanol–water partition coefficient (Wildman–Crippen LogP) is 3.35. The summed E-state index contributed by atoms with van der Waals surface area (Å²) in [6.07, 6.45) is 3.81. The number of benzene rings is 1. The van der Waals surface area contributed by atoms with Crippen LogP contribution in [0.4, 0.5) is 0 Å². The molecule has 1 unspecified atom stereocenters. The Bertz CT molecular complexity index is 670. The molecule has 0 aliphatic heterocycles. The first-order valence-electron chi connectivity index (χ1n) is 7.63. The highest BCUT2D eigenvalue weighted by Gasteiger charge is 2.35. The number of hydrogen-bond acceptors (Lipinski definition) is 4. The van der Waals surface area contributed by atoms with Crippen molar-refractivity contribution in [3.05, 3.63) is 47.6 Å². The number of carbonyl (C=O) groups is 2. The lowest BCUT2D eigenvalue weighted by molar-refractivity contribution is -0.144. The summed E-state index contributed by atoms with van der Waals surface area (Å²) in [7, 11) is 2.95. The molecule has 1 aromatic rings. The van der Waals surface area contributed by atoms with Crippen molar-refractivity contribution in [2.75, 3.05) is 14.2 Å². The van der Waals surface area contributed by atoms with Crippen LogP contribution >= 0.6 is 0 Å². The lowest BCUT2D eigenvalue weighted by Crippen LogP contribution is -2.19. The third-order valence-corrected chi connectivity index (χ3v) is 4.19. The summed E-state index contributed by atoms with van der Waals surface area (Å²) >= 11 is 0. The Hall–Kier alpha value is -2.36. The van der Waals surface area contributed by atoms with Crippen molar-refractivity contribution in [3.8, 4) is 5.75 Å². The zero-order valence-corrected chi connectivity index (χ0v) is 13.8. The monoisotopic (exact) mass is 314 g/mol. The van der Waals surface area contributed by atoms with Crippen LogP contribution in [-0.4, -0.2) is 26.0 Å². The summed E-state index contributed by atoms with van der Waals surface area (Å²) in [6, 6.07) is 5.88. The van der Waals surface area contributed by atoms with Crippen molar-refractivity contribution in [1.29, 1.82) is 0 Å². The van der Waals surface area contributed by atoms with Crippen LogP contribution < -0.4 is 4.74 Å². The maximum Gasteiger partial charge on any atom is 0.313 e. The summed E-state index contributed by atoms with van der Waals surface area (Å²) in [5.74, 6) is -0.229. The van der Waals surface area contributed by atoms with Gasteiger partial charge in [0.1, 0.15) is 5.75 Å². The third kappa shape index (κ3) is 3.36. The summed E-state index contributed by atoms with van der Waals surface area (Å²) in [5, 5.41) is 0. The van der Waals surface area contributed by atoms with Gasteiger partial charge in [-0.3, -0.25) is 9.59 Å². The van der Waals surface area contributed by atoms with E-state index >= 15 is 0 Å². The first kappa shape index (κ1) is 17.0. The van der Waals surface area contributed by atoms with Crippen molar-refractivity contribution in [2.24, 2.45) is 5.92 Å². The molecule has 0 saturated carbocycles. The lowest BCUT2D eigenvalue weighted by Gasteiger charge is -2.14. The van der Waals surface area contributed by atoms with Crippen LogP contribution in [-0.2, 0) is 20.7 Å². The van der Waals surface area contributed by atoms with Crippen molar-refractivity contribution in [3.63, 3.8) is 0 Å². The molecule has 0 heterocycles. The minimum absolute atomic E-state index is 0.0934. The average molecular weight is 314 g/mol. The summed E-state index contributed by atoms with van der Waals surface area (Å²) in [5.41, 5.74) is 3.40. The second-order valence-electron chi connectivity index (χ2n) is 5.59. The van der Waals surface area contributed by atoms with Crippen LogP contribution in [0.5, 0.6) is 5.75 Å². The van der Waals surface area contributed by atoms with Gasteiger partial charge in [0.25, 0.3) is 0 Å². The summed E-state index contributed by atoms with van der Waals surface area (Å²) in [4.78, 5) is 24.1. The van der Waals surface area contributed by atoms with Crippen LogP contribution in [0.2, 0.25) is 0 Å². The van der Waals surface area contributed by atoms with E-state index in [-0.39, 0.29) is 11.8 Å². The van der Waals surface area contributed by atoms with Crippen molar-refractivity contribution in [1.82, 2.24) is 0 Å². The zero-order valence-electron chi connectivity index (χ0n) is 13.8. The number of ether oxygens (including phenoxy) is 2. The van der Waals surface area contributed by atoms with Gasteiger partial charge in [-0.05, 0) is 49.5 Å². The molecule has 1 aliphatic rings. The molecule has 0 amide bonds. The number of Topliss-reactive ketones (excluding diaryl/α,β-unsaturated/α-hetero) is 1. The molecule has 0 spiro atoms. The number of allylic oxidation sites excluding steroid dienone is 2. The van der Waals surface area contributed by atoms with Crippen molar-refractivity contribution >= 4 is 17.3 Å². The van der Waals surface area contributed by atoms with E-state index in [4.69, 9.17) is 9.47 Å². The van der Waals surface area contributed by atoms with Gasteiger partial charge < -0.3 is 9.47 Å². The van der Waals surface area contributed by atoms with E-state index in [1.165, 1.54) is 14.0 Å². The SMILES string of the molecule is C=CCc1ccc(OC)c(C2=C(C(C)=O)C(C(=O)OC)CC2)c1. The molecule has 4 heteroatoms. The standard InChI is InChI=1S/C19H22O4/c1-5-6-13-7-10-17(22-3)16(11-13)14-8-9-15(19(21)23-4)18(14)12(2)20/h5,7,10-11,15H,1,6,8-9H2,2-4H3. The van der Waals surface area contributed by atoms with Crippen LogP contribution in [0, 0.1) is 5.92 Å². The third-order valence-electron chi connectivity index (χ3n) is 4.19. The molecule has 1 atom stereocenters. The second-order valence-corrected chi connectivity index (χ2v) is 5.59. The van der Waals surface area contributed by atoms with Gasteiger partial charge in [0.15, 0.2) is 5.78 Å². The topological polar surface area (TPSA) is 52.6 Å². The fraction of sp³-hybridized carbons (Fsp3) is 0.368. The molecule has 23 heavy (non-hydrogen) atoms. The number of methoxy groups -OCH3 is 2. The van der Waals surface area contributed by atoms with Gasteiger partial charge in [0.2, 0.25) is 0 Å². The van der Waals surface area contributed by atoms with Gasteiger partial charge in [0, 0.05) is 11.1 Å². The molecule has 0 aromatic heterocycles. The van der Waals surface area contributed by atoms with E-state index in [1.54, 1.807) is 7.11 Å². The molecule has 0 fully saturated rings. The smallest absolute Gasteiger partial charge is 0.313 e. The lowest BCUT2D eigenvalue weighted by atomic mass is 9.93. The van der Waals surface area contributed by atoms with Crippen molar-refractivity contribution < 1.29 is 19.1 Å². The molecule has 0 radical (unpaired) electrons. The average Bonchev–Trinajstić information content (AvgIpc) is 2.99. The maximum atomic E-state index is 12.1. The molecular formula is C19H22O4. The van der Waals surface area contributed by atoms with Crippen LogP contribution in [0.3, 0.4) is 0 Å². The van der Waals surface area contributed by atoms with E-state index in [0.29, 0.717) is 24.2 Å². The number of hydrogen-bond donors (Lipinski definition) is 0. The minimum atomic E-state index is -0.486. The fourth-order valence-electron chi connectivity index (χ4n) is 3.18. The highest BCUT2D eigenvalue weighted by atomic mass is 16.5. The van der Waals surface area contributed by atoms with Gasteiger partial charge in [0.05, 0.1) is 20.1 Å². The number of esters is 1.